The minimum atomic E-state index is -0.642. The fraction of sp³-hybridized carbons (Fsp3) is 0.462. The molecular formula is C13H18FNO2. The van der Waals surface area contributed by atoms with Crippen LogP contribution in [0.15, 0.2) is 18.2 Å². The van der Waals surface area contributed by atoms with Gasteiger partial charge in [-0.15, -0.1) is 0 Å². The highest BCUT2D eigenvalue weighted by molar-refractivity contribution is 6.00. The number of rotatable bonds is 6. The van der Waals surface area contributed by atoms with Gasteiger partial charge in [0.15, 0.2) is 17.3 Å². The number of ether oxygens (including phenoxy) is 1. The van der Waals surface area contributed by atoms with Gasteiger partial charge in [0.25, 0.3) is 0 Å². The Balaban J connectivity index is 2.88. The van der Waals surface area contributed by atoms with Gasteiger partial charge in [-0.05, 0) is 18.6 Å². The van der Waals surface area contributed by atoms with E-state index in [1.54, 1.807) is 6.07 Å². The number of hydrogen-bond donors (Lipinski definition) is 1. The van der Waals surface area contributed by atoms with Gasteiger partial charge in [0.2, 0.25) is 0 Å². The number of carbonyl (C=O) groups excluding carboxylic acids is 1. The topological polar surface area (TPSA) is 52.3 Å². The Kier molecular flexibility index (Phi) is 5.10. The Morgan fingerprint density at radius 3 is 2.82 bits per heavy atom. The third-order valence-corrected chi connectivity index (χ3v) is 2.65. The summed E-state index contributed by atoms with van der Waals surface area (Å²) in [7, 11) is 1.36. The van der Waals surface area contributed by atoms with Crippen molar-refractivity contribution in [3.63, 3.8) is 0 Å². The van der Waals surface area contributed by atoms with Gasteiger partial charge in [-0.1, -0.05) is 25.8 Å². The summed E-state index contributed by atoms with van der Waals surface area (Å²) in [6, 6.07) is 3.86. The van der Waals surface area contributed by atoms with E-state index in [9.17, 15) is 9.18 Å². The standard InChI is InChI=1S/C13H18FNO2/c1-3-4-7-10(15)13(16)9-6-5-8-11(17-2)12(9)14/h5-6,8,10H,3-4,7,15H2,1-2H3. The van der Waals surface area contributed by atoms with Crippen molar-refractivity contribution in [2.24, 2.45) is 5.73 Å². The molecule has 0 aliphatic carbocycles. The molecule has 0 aliphatic heterocycles. The monoisotopic (exact) mass is 239 g/mol. The van der Waals surface area contributed by atoms with Gasteiger partial charge < -0.3 is 10.5 Å². The lowest BCUT2D eigenvalue weighted by atomic mass is 9.99. The van der Waals surface area contributed by atoms with E-state index < -0.39 is 11.9 Å². The first-order valence-electron chi connectivity index (χ1n) is 5.74. The van der Waals surface area contributed by atoms with E-state index in [4.69, 9.17) is 10.5 Å². The summed E-state index contributed by atoms with van der Waals surface area (Å²) >= 11 is 0. The number of carbonyl (C=O) groups is 1. The second kappa shape index (κ2) is 6.35. The van der Waals surface area contributed by atoms with Gasteiger partial charge in [-0.2, -0.15) is 0 Å². The first-order valence-corrected chi connectivity index (χ1v) is 5.74. The zero-order valence-electron chi connectivity index (χ0n) is 10.2. The van der Waals surface area contributed by atoms with E-state index in [2.05, 4.69) is 0 Å². The zero-order valence-corrected chi connectivity index (χ0v) is 10.2. The summed E-state index contributed by atoms with van der Waals surface area (Å²) in [5.74, 6) is -0.930. The van der Waals surface area contributed by atoms with E-state index in [0.29, 0.717) is 6.42 Å². The maximum atomic E-state index is 13.8. The Morgan fingerprint density at radius 2 is 2.24 bits per heavy atom. The average Bonchev–Trinajstić information content (AvgIpc) is 2.35. The number of benzene rings is 1. The molecule has 0 amide bonds. The van der Waals surface area contributed by atoms with E-state index in [1.807, 2.05) is 6.92 Å². The molecule has 0 heterocycles. The fourth-order valence-electron chi connectivity index (χ4n) is 1.61. The Morgan fingerprint density at radius 1 is 1.53 bits per heavy atom. The normalized spacial score (nSPS) is 12.2. The predicted octanol–water partition coefficient (Wildman–Crippen LogP) is 2.53. The van der Waals surface area contributed by atoms with Crippen LogP contribution in [0, 0.1) is 5.82 Å². The molecule has 94 valence electrons. The second-order valence-electron chi connectivity index (χ2n) is 3.93. The van der Waals surface area contributed by atoms with Crippen molar-refractivity contribution in [2.75, 3.05) is 7.11 Å². The van der Waals surface area contributed by atoms with Crippen molar-refractivity contribution in [1.29, 1.82) is 0 Å². The molecule has 0 aromatic heterocycles. The number of Topliss-reactive ketones (excluding diaryl/α,β-unsaturated/α-hetero) is 1. The molecule has 1 unspecified atom stereocenters. The lowest BCUT2D eigenvalue weighted by molar-refractivity contribution is 0.0951. The highest BCUT2D eigenvalue weighted by atomic mass is 19.1. The smallest absolute Gasteiger partial charge is 0.182 e. The van der Waals surface area contributed by atoms with Gasteiger partial charge in [0.1, 0.15) is 0 Å². The molecule has 0 aliphatic rings. The van der Waals surface area contributed by atoms with Crippen LogP contribution in [-0.2, 0) is 0 Å². The Labute approximate surface area is 101 Å². The summed E-state index contributed by atoms with van der Waals surface area (Å²) in [5.41, 5.74) is 5.75. The van der Waals surface area contributed by atoms with Crippen molar-refractivity contribution in [1.82, 2.24) is 0 Å². The van der Waals surface area contributed by atoms with Crippen LogP contribution in [-0.4, -0.2) is 18.9 Å². The van der Waals surface area contributed by atoms with Crippen LogP contribution < -0.4 is 10.5 Å². The average molecular weight is 239 g/mol. The van der Waals surface area contributed by atoms with Gasteiger partial charge in [-0.25, -0.2) is 4.39 Å². The molecular weight excluding hydrogens is 221 g/mol. The first kappa shape index (κ1) is 13.6. The van der Waals surface area contributed by atoms with Crippen molar-refractivity contribution in [2.45, 2.75) is 32.2 Å². The van der Waals surface area contributed by atoms with Crippen molar-refractivity contribution < 1.29 is 13.9 Å². The summed E-state index contributed by atoms with van der Waals surface area (Å²) in [4.78, 5) is 11.9. The number of hydrogen-bond acceptors (Lipinski definition) is 3. The van der Waals surface area contributed by atoms with Crippen LogP contribution in [0.4, 0.5) is 4.39 Å². The van der Waals surface area contributed by atoms with Gasteiger partial charge in [-0.3, -0.25) is 4.79 Å². The fourth-order valence-corrected chi connectivity index (χ4v) is 1.61. The summed E-state index contributed by atoms with van der Waals surface area (Å²) in [6.07, 6.45) is 2.39. The van der Waals surface area contributed by atoms with Gasteiger partial charge >= 0.3 is 0 Å². The molecule has 1 atom stereocenters. The largest absolute Gasteiger partial charge is 0.494 e. The van der Waals surface area contributed by atoms with Crippen molar-refractivity contribution >= 4 is 5.78 Å². The van der Waals surface area contributed by atoms with E-state index in [1.165, 1.54) is 19.2 Å². The van der Waals surface area contributed by atoms with Crippen LogP contribution in [0.3, 0.4) is 0 Å². The van der Waals surface area contributed by atoms with Gasteiger partial charge in [0, 0.05) is 0 Å². The number of methoxy groups -OCH3 is 1. The van der Waals surface area contributed by atoms with Crippen LogP contribution in [0.2, 0.25) is 0 Å². The maximum absolute atomic E-state index is 13.8. The zero-order chi connectivity index (χ0) is 12.8. The minimum absolute atomic E-state index is 0.00736. The molecule has 0 saturated carbocycles. The highest BCUT2D eigenvalue weighted by Crippen LogP contribution is 2.21. The number of ketones is 1. The van der Waals surface area contributed by atoms with Crippen LogP contribution in [0.5, 0.6) is 5.75 Å². The minimum Gasteiger partial charge on any atom is -0.494 e. The van der Waals surface area contributed by atoms with E-state index >= 15 is 0 Å². The van der Waals surface area contributed by atoms with Gasteiger partial charge in [0.05, 0.1) is 18.7 Å². The summed E-state index contributed by atoms with van der Waals surface area (Å²) < 4.78 is 18.6. The molecule has 1 aromatic rings. The molecule has 1 rings (SSSR count). The maximum Gasteiger partial charge on any atom is 0.182 e. The Hall–Kier alpha value is -1.42. The number of halogens is 1. The first-order chi connectivity index (χ1) is 8.11. The van der Waals surface area contributed by atoms with Crippen LogP contribution in [0.1, 0.15) is 36.5 Å². The quantitative estimate of drug-likeness (QED) is 0.776. The third kappa shape index (κ3) is 3.27. The highest BCUT2D eigenvalue weighted by Gasteiger charge is 2.20. The van der Waals surface area contributed by atoms with E-state index in [0.717, 1.165) is 12.8 Å². The molecule has 4 heteroatoms. The van der Waals surface area contributed by atoms with Crippen molar-refractivity contribution in [3.05, 3.63) is 29.6 Å². The number of unbranched alkanes of at least 4 members (excludes halogenated alkanes) is 1. The molecule has 17 heavy (non-hydrogen) atoms. The molecule has 0 saturated heterocycles. The molecule has 3 nitrogen and oxygen atoms in total. The summed E-state index contributed by atoms with van der Waals surface area (Å²) in [6.45, 7) is 2.02. The molecule has 1 aromatic carbocycles. The molecule has 0 radical (unpaired) electrons. The summed E-state index contributed by atoms with van der Waals surface area (Å²) in [5, 5.41) is 0. The van der Waals surface area contributed by atoms with E-state index in [-0.39, 0.29) is 17.1 Å². The lowest BCUT2D eigenvalue weighted by Crippen LogP contribution is -2.31. The predicted molar refractivity (Wildman–Crippen MR) is 64.8 cm³/mol. The molecule has 2 N–H and O–H groups in total. The third-order valence-electron chi connectivity index (χ3n) is 2.65. The lowest BCUT2D eigenvalue weighted by Gasteiger charge is -2.11. The molecule has 0 spiro atoms. The second-order valence-corrected chi connectivity index (χ2v) is 3.93. The van der Waals surface area contributed by atoms with Crippen LogP contribution in [0.25, 0.3) is 0 Å². The van der Waals surface area contributed by atoms with Crippen molar-refractivity contribution in [3.8, 4) is 5.75 Å². The van der Waals surface area contributed by atoms with Crippen LogP contribution >= 0.6 is 0 Å². The SMILES string of the molecule is CCCCC(N)C(=O)c1cccc(OC)c1F. The molecule has 0 bridgehead atoms. The molecule has 0 fully saturated rings. The Bertz CT molecular complexity index is 393. The number of nitrogens with two attached hydrogens (primary N) is 1.